The summed E-state index contributed by atoms with van der Waals surface area (Å²) in [5.41, 5.74) is -1.32. The topological polar surface area (TPSA) is 120 Å². The molecule has 0 aliphatic heterocycles. The van der Waals surface area contributed by atoms with Crippen LogP contribution in [0.25, 0.3) is 11.8 Å². The summed E-state index contributed by atoms with van der Waals surface area (Å²) in [4.78, 5) is 29.4. The average Bonchev–Trinajstić information content (AvgIpc) is 3.59. The van der Waals surface area contributed by atoms with Crippen LogP contribution in [0, 0.1) is 11.6 Å². The SMILES string of the molecule is O=C(/C=C/c1ccc(Cl)c(Cl)c1)Nc1ccc(-n2cnn(C[C@@](O)(Cn3cncn3)c3ccc(F)cc3F)c2=O)cc1. The maximum Gasteiger partial charge on any atom is 0.350 e. The number of halogens is 4. The standard InChI is InChI=1S/C28H21Cl2F2N7O3/c29-23-9-1-18(11-24(23)30)2-10-26(40)36-20-4-6-21(7-5-20)38-17-35-39(27(38)41)14-28(42,13-37-16-33-15-34-37)22-8-3-19(31)12-25(22)32/h1-12,15-17,42H,13-14H2,(H,36,40)/b10-2+/t28-/m0/s1. The third-order valence-electron chi connectivity index (χ3n) is 6.25. The number of aromatic nitrogens is 6. The largest absolute Gasteiger partial charge is 0.381 e. The first-order valence-corrected chi connectivity index (χ1v) is 13.1. The monoisotopic (exact) mass is 611 g/mol. The van der Waals surface area contributed by atoms with Crippen molar-refractivity contribution in [1.82, 2.24) is 29.1 Å². The highest BCUT2D eigenvalue weighted by Gasteiger charge is 2.35. The van der Waals surface area contributed by atoms with Gasteiger partial charge >= 0.3 is 5.69 Å². The molecule has 0 aliphatic rings. The first-order valence-electron chi connectivity index (χ1n) is 12.3. The number of amides is 1. The van der Waals surface area contributed by atoms with Gasteiger partial charge in [0.05, 0.1) is 28.8 Å². The van der Waals surface area contributed by atoms with Gasteiger partial charge in [-0.2, -0.15) is 10.2 Å². The average molecular weight is 612 g/mol. The molecule has 0 saturated carbocycles. The van der Waals surface area contributed by atoms with E-state index in [0.29, 0.717) is 33.0 Å². The van der Waals surface area contributed by atoms with Gasteiger partial charge in [0.25, 0.3) is 0 Å². The summed E-state index contributed by atoms with van der Waals surface area (Å²) in [5.74, 6) is -2.20. The second-order valence-electron chi connectivity index (χ2n) is 9.23. The fourth-order valence-electron chi connectivity index (χ4n) is 4.22. The molecule has 0 fully saturated rings. The Balaban J connectivity index is 1.33. The lowest BCUT2D eigenvalue weighted by molar-refractivity contribution is -0.111. The molecule has 2 aromatic heterocycles. The summed E-state index contributed by atoms with van der Waals surface area (Å²) in [7, 11) is 0. The highest BCUT2D eigenvalue weighted by atomic mass is 35.5. The molecule has 14 heteroatoms. The Morgan fingerprint density at radius 3 is 2.45 bits per heavy atom. The fourth-order valence-corrected chi connectivity index (χ4v) is 4.52. The third-order valence-corrected chi connectivity index (χ3v) is 6.99. The molecule has 1 atom stereocenters. The van der Waals surface area contributed by atoms with E-state index in [-0.39, 0.29) is 12.1 Å². The first kappa shape index (κ1) is 28.9. The van der Waals surface area contributed by atoms with Crippen molar-refractivity contribution >= 4 is 40.9 Å². The molecule has 0 aliphatic carbocycles. The van der Waals surface area contributed by atoms with Gasteiger partial charge in [-0.1, -0.05) is 35.3 Å². The normalized spacial score (nSPS) is 12.9. The number of hydrogen-bond donors (Lipinski definition) is 2. The summed E-state index contributed by atoms with van der Waals surface area (Å²) >= 11 is 11.9. The minimum Gasteiger partial charge on any atom is -0.381 e. The number of rotatable bonds is 9. The summed E-state index contributed by atoms with van der Waals surface area (Å²) in [5, 5.41) is 23.1. The maximum atomic E-state index is 14.7. The Hall–Kier alpha value is -4.65. The van der Waals surface area contributed by atoms with E-state index in [0.717, 1.165) is 16.8 Å². The van der Waals surface area contributed by atoms with Gasteiger partial charge in [0.15, 0.2) is 0 Å². The first-order chi connectivity index (χ1) is 20.1. The molecule has 10 nitrogen and oxygen atoms in total. The minimum atomic E-state index is -2.03. The van der Waals surface area contributed by atoms with E-state index in [9.17, 15) is 23.5 Å². The lowest BCUT2D eigenvalue weighted by Crippen LogP contribution is -2.41. The molecule has 2 heterocycles. The molecule has 0 spiro atoms. The van der Waals surface area contributed by atoms with E-state index in [4.69, 9.17) is 23.2 Å². The van der Waals surface area contributed by atoms with Crippen LogP contribution in [-0.4, -0.2) is 40.1 Å². The van der Waals surface area contributed by atoms with Gasteiger partial charge < -0.3 is 10.4 Å². The zero-order valence-electron chi connectivity index (χ0n) is 21.5. The number of aliphatic hydroxyl groups is 1. The molecule has 42 heavy (non-hydrogen) atoms. The number of nitrogens with zero attached hydrogens (tertiary/aromatic N) is 6. The zero-order valence-corrected chi connectivity index (χ0v) is 23.0. The molecule has 0 bridgehead atoms. The predicted octanol–water partition coefficient (Wildman–Crippen LogP) is 4.45. The minimum absolute atomic E-state index is 0.242. The molecule has 214 valence electrons. The van der Waals surface area contributed by atoms with E-state index in [1.54, 1.807) is 48.5 Å². The Morgan fingerprint density at radius 1 is 0.976 bits per heavy atom. The lowest BCUT2D eigenvalue weighted by Gasteiger charge is -2.28. The Labute approximate surface area is 247 Å². The van der Waals surface area contributed by atoms with Crippen molar-refractivity contribution in [3.05, 3.63) is 129 Å². The quantitative estimate of drug-likeness (QED) is 0.238. The Kier molecular flexibility index (Phi) is 8.29. The van der Waals surface area contributed by atoms with E-state index in [2.05, 4.69) is 20.5 Å². The van der Waals surface area contributed by atoms with Crippen LogP contribution in [0.2, 0.25) is 10.0 Å². The molecule has 1 amide bonds. The van der Waals surface area contributed by atoms with Crippen molar-refractivity contribution in [1.29, 1.82) is 0 Å². The van der Waals surface area contributed by atoms with E-state index < -0.39 is 35.4 Å². The summed E-state index contributed by atoms with van der Waals surface area (Å²) in [6.07, 6.45) is 6.72. The molecule has 0 unspecified atom stereocenters. The van der Waals surface area contributed by atoms with E-state index >= 15 is 0 Å². The van der Waals surface area contributed by atoms with Crippen molar-refractivity contribution in [3.63, 3.8) is 0 Å². The van der Waals surface area contributed by atoms with Crippen molar-refractivity contribution in [2.75, 3.05) is 5.32 Å². The zero-order chi connectivity index (χ0) is 29.9. The van der Waals surface area contributed by atoms with Crippen molar-refractivity contribution in [2.45, 2.75) is 18.7 Å². The number of carbonyl (C=O) groups excluding carboxylic acids is 1. The number of hydrogen-bond acceptors (Lipinski definition) is 6. The summed E-state index contributed by atoms with van der Waals surface area (Å²) in [6.45, 7) is -0.761. The molecule has 2 N–H and O–H groups in total. The predicted molar refractivity (Wildman–Crippen MR) is 152 cm³/mol. The van der Waals surface area contributed by atoms with Gasteiger partial charge in [0.1, 0.15) is 36.2 Å². The second-order valence-corrected chi connectivity index (χ2v) is 10.0. The van der Waals surface area contributed by atoms with Crippen LogP contribution in [0.1, 0.15) is 11.1 Å². The number of carbonyl (C=O) groups is 1. The van der Waals surface area contributed by atoms with Gasteiger partial charge in [-0.25, -0.2) is 32.5 Å². The van der Waals surface area contributed by atoms with Crippen LogP contribution in [0.15, 0.2) is 90.5 Å². The van der Waals surface area contributed by atoms with Crippen molar-refractivity contribution in [3.8, 4) is 5.69 Å². The van der Waals surface area contributed by atoms with E-state index in [1.165, 1.54) is 34.3 Å². The van der Waals surface area contributed by atoms with Gasteiger partial charge in [-0.05, 0) is 54.1 Å². The molecular formula is C28H21Cl2F2N7O3. The third kappa shape index (κ3) is 6.46. The molecule has 0 saturated heterocycles. The van der Waals surface area contributed by atoms with Gasteiger partial charge in [-0.15, -0.1) is 0 Å². The summed E-state index contributed by atoms with van der Waals surface area (Å²) in [6, 6.07) is 14.1. The van der Waals surface area contributed by atoms with Crippen LogP contribution in [-0.2, 0) is 23.5 Å². The number of nitrogens with one attached hydrogen (secondary N) is 1. The Morgan fingerprint density at radius 2 is 1.76 bits per heavy atom. The second kappa shape index (κ2) is 12.1. The van der Waals surface area contributed by atoms with Crippen molar-refractivity contribution < 1.29 is 18.7 Å². The summed E-state index contributed by atoms with van der Waals surface area (Å²) < 4.78 is 31.7. The highest BCUT2D eigenvalue weighted by Crippen LogP contribution is 2.28. The number of benzene rings is 3. The van der Waals surface area contributed by atoms with Crippen LogP contribution in [0.4, 0.5) is 14.5 Å². The molecular weight excluding hydrogens is 591 g/mol. The van der Waals surface area contributed by atoms with Gasteiger partial charge in [0, 0.05) is 23.4 Å². The van der Waals surface area contributed by atoms with Crippen LogP contribution in [0.5, 0.6) is 0 Å². The molecule has 5 aromatic rings. The van der Waals surface area contributed by atoms with Crippen LogP contribution < -0.4 is 11.0 Å². The van der Waals surface area contributed by atoms with Gasteiger partial charge in [0.2, 0.25) is 5.91 Å². The van der Waals surface area contributed by atoms with Crippen LogP contribution in [0.3, 0.4) is 0 Å². The van der Waals surface area contributed by atoms with Crippen molar-refractivity contribution in [2.24, 2.45) is 0 Å². The highest BCUT2D eigenvalue weighted by molar-refractivity contribution is 6.42. The lowest BCUT2D eigenvalue weighted by atomic mass is 9.93. The smallest absolute Gasteiger partial charge is 0.350 e. The van der Waals surface area contributed by atoms with E-state index in [1.807, 2.05) is 0 Å². The molecule has 5 rings (SSSR count). The number of anilines is 1. The van der Waals surface area contributed by atoms with Gasteiger partial charge in [-0.3, -0.25) is 4.79 Å². The molecule has 0 radical (unpaired) electrons. The fraction of sp³-hybridized carbons (Fsp3) is 0.107. The Bertz CT molecular complexity index is 1820. The maximum absolute atomic E-state index is 14.7. The van der Waals surface area contributed by atoms with Crippen LogP contribution >= 0.6 is 23.2 Å². The molecule has 3 aromatic carbocycles.